The van der Waals surface area contributed by atoms with Crippen LogP contribution in [0.25, 0.3) is 11.0 Å². The van der Waals surface area contributed by atoms with Gasteiger partial charge in [0.05, 0.1) is 34.3 Å². The third-order valence-corrected chi connectivity index (χ3v) is 5.81. The maximum Gasteiger partial charge on any atom is 0.261 e. The number of hydrogen-bond donors (Lipinski definition) is 1. The van der Waals surface area contributed by atoms with E-state index in [1.165, 1.54) is 0 Å². The molecule has 0 spiro atoms. The Balaban J connectivity index is 1.50. The van der Waals surface area contributed by atoms with Gasteiger partial charge in [0.2, 0.25) is 10.0 Å². The van der Waals surface area contributed by atoms with E-state index >= 15 is 0 Å². The van der Waals surface area contributed by atoms with Crippen LogP contribution in [0.4, 0.5) is 5.69 Å². The molecule has 0 saturated carbocycles. The molecule has 2 aromatic carbocycles. The maximum absolute atomic E-state index is 12.4. The van der Waals surface area contributed by atoms with Gasteiger partial charge in [-0.1, -0.05) is 18.2 Å². The number of hydrogen-bond acceptors (Lipinski definition) is 7. The van der Waals surface area contributed by atoms with E-state index in [-0.39, 0.29) is 6.54 Å². The molecule has 2 heterocycles. The summed E-state index contributed by atoms with van der Waals surface area (Å²) in [6.45, 7) is -0.229. The van der Waals surface area contributed by atoms with Crippen LogP contribution >= 0.6 is 11.7 Å². The Morgan fingerprint density at radius 2 is 1.65 bits per heavy atom. The monoisotopic (exact) mass is 388 g/mol. The summed E-state index contributed by atoms with van der Waals surface area (Å²) in [5.74, 6) is -1.37. The topological polar surface area (TPSA) is 109 Å². The lowest BCUT2D eigenvalue weighted by Crippen LogP contribution is -2.35. The van der Waals surface area contributed by atoms with Crippen LogP contribution in [0.2, 0.25) is 0 Å². The predicted molar refractivity (Wildman–Crippen MR) is 96.6 cm³/mol. The molecular formula is C16H12N4O4S2. The number of carbonyl (C=O) groups excluding carboxylic acids is 2. The van der Waals surface area contributed by atoms with Crippen LogP contribution in [0, 0.1) is 0 Å². The molecule has 1 aromatic heterocycles. The van der Waals surface area contributed by atoms with Crippen molar-refractivity contribution < 1.29 is 18.0 Å². The quantitative estimate of drug-likeness (QED) is 0.667. The van der Waals surface area contributed by atoms with Gasteiger partial charge in [0.25, 0.3) is 11.8 Å². The predicted octanol–water partition coefficient (Wildman–Crippen LogP) is 1.73. The van der Waals surface area contributed by atoms with Gasteiger partial charge in [-0.2, -0.15) is 8.75 Å². The fourth-order valence-corrected chi connectivity index (χ4v) is 4.34. The van der Waals surface area contributed by atoms with E-state index in [4.69, 9.17) is 0 Å². The first-order valence-corrected chi connectivity index (χ1v) is 10.0. The number of rotatable bonds is 5. The highest BCUT2D eigenvalue weighted by Gasteiger charge is 2.35. The van der Waals surface area contributed by atoms with Crippen LogP contribution in [0.1, 0.15) is 20.7 Å². The molecule has 0 fully saturated rings. The molecule has 4 rings (SSSR count). The Hall–Kier alpha value is -2.85. The molecular weight excluding hydrogens is 376 g/mol. The summed E-state index contributed by atoms with van der Waals surface area (Å²) in [5.41, 5.74) is 1.96. The second-order valence-electron chi connectivity index (χ2n) is 5.67. The molecule has 132 valence electrons. The Morgan fingerprint density at radius 3 is 2.35 bits per heavy atom. The molecule has 26 heavy (non-hydrogen) atoms. The Morgan fingerprint density at radius 1 is 0.962 bits per heavy atom. The zero-order valence-electron chi connectivity index (χ0n) is 13.2. The van der Waals surface area contributed by atoms with Crippen molar-refractivity contribution in [3.63, 3.8) is 0 Å². The molecule has 0 aliphatic carbocycles. The summed E-state index contributed by atoms with van der Waals surface area (Å²) in [4.78, 5) is 25.5. The van der Waals surface area contributed by atoms with Gasteiger partial charge in [0, 0.05) is 6.54 Å². The van der Waals surface area contributed by atoms with Gasteiger partial charge in [-0.05, 0) is 24.3 Å². The molecule has 1 aliphatic rings. The van der Waals surface area contributed by atoms with E-state index in [1.54, 1.807) is 42.5 Å². The van der Waals surface area contributed by atoms with Gasteiger partial charge in [0.15, 0.2) is 0 Å². The van der Waals surface area contributed by atoms with Crippen molar-refractivity contribution in [2.75, 3.05) is 17.0 Å². The van der Waals surface area contributed by atoms with E-state index in [0.29, 0.717) is 27.8 Å². The third-order valence-electron chi connectivity index (χ3n) is 4.01. The number of aromatic nitrogens is 2. The molecule has 2 amide bonds. The number of carbonyl (C=O) groups is 2. The number of nitrogens with zero attached hydrogens (tertiary/aromatic N) is 3. The number of nitrogens with one attached hydrogen (secondary N) is 1. The number of fused-ring (bicyclic) bond motifs is 2. The number of benzene rings is 2. The summed E-state index contributed by atoms with van der Waals surface area (Å²) in [5, 5.41) is 0. The molecule has 0 saturated heterocycles. The van der Waals surface area contributed by atoms with Crippen LogP contribution in [0.15, 0.2) is 42.5 Å². The van der Waals surface area contributed by atoms with E-state index in [0.717, 1.165) is 16.6 Å². The summed E-state index contributed by atoms with van der Waals surface area (Å²) < 4.78 is 35.4. The van der Waals surface area contributed by atoms with Gasteiger partial charge in [0.1, 0.15) is 11.0 Å². The first-order valence-electron chi connectivity index (χ1n) is 7.63. The molecule has 0 atom stereocenters. The minimum atomic E-state index is -3.78. The summed E-state index contributed by atoms with van der Waals surface area (Å²) in [6.07, 6.45) is 0. The van der Waals surface area contributed by atoms with Crippen molar-refractivity contribution in [1.29, 1.82) is 0 Å². The van der Waals surface area contributed by atoms with Crippen LogP contribution in [-0.2, 0) is 10.0 Å². The minimum Gasteiger partial charge on any atom is -0.281 e. The molecule has 1 N–H and O–H groups in total. The van der Waals surface area contributed by atoms with Crippen LogP contribution in [0.3, 0.4) is 0 Å². The largest absolute Gasteiger partial charge is 0.281 e. The Bertz CT molecular complexity index is 1100. The highest BCUT2D eigenvalue weighted by Crippen LogP contribution is 2.24. The van der Waals surface area contributed by atoms with Crippen molar-refractivity contribution in [1.82, 2.24) is 13.6 Å². The zero-order valence-corrected chi connectivity index (χ0v) is 14.9. The van der Waals surface area contributed by atoms with Crippen molar-refractivity contribution in [3.8, 4) is 0 Å². The van der Waals surface area contributed by atoms with E-state index in [2.05, 4.69) is 13.5 Å². The first kappa shape index (κ1) is 16.6. The highest BCUT2D eigenvalue weighted by molar-refractivity contribution is 7.92. The molecule has 0 bridgehead atoms. The SMILES string of the molecule is O=C1c2ccccc2C(=O)N1CCS(=O)(=O)Nc1cccc2nsnc12. The fraction of sp³-hybridized carbons (Fsp3) is 0.125. The van der Waals surface area contributed by atoms with Gasteiger partial charge in [-0.15, -0.1) is 0 Å². The van der Waals surface area contributed by atoms with Crippen LogP contribution in [0.5, 0.6) is 0 Å². The highest BCUT2D eigenvalue weighted by atomic mass is 32.2. The average molecular weight is 388 g/mol. The number of anilines is 1. The van der Waals surface area contributed by atoms with E-state index < -0.39 is 27.6 Å². The molecule has 0 radical (unpaired) electrons. The minimum absolute atomic E-state index is 0.229. The van der Waals surface area contributed by atoms with Crippen molar-refractivity contribution >= 4 is 50.3 Å². The number of imide groups is 1. The average Bonchev–Trinajstić information content (AvgIpc) is 3.19. The Kier molecular flexibility index (Phi) is 3.93. The maximum atomic E-state index is 12.4. The van der Waals surface area contributed by atoms with Gasteiger partial charge in [-0.3, -0.25) is 19.2 Å². The number of amides is 2. The lowest BCUT2D eigenvalue weighted by atomic mass is 10.1. The van der Waals surface area contributed by atoms with Crippen molar-refractivity contribution in [2.24, 2.45) is 0 Å². The van der Waals surface area contributed by atoms with Crippen molar-refractivity contribution in [3.05, 3.63) is 53.6 Å². The lowest BCUT2D eigenvalue weighted by molar-refractivity contribution is 0.0664. The standard InChI is InChI=1S/C16H12N4O4S2/c21-15-10-4-1-2-5-11(10)16(22)20(15)8-9-26(23,24)19-13-7-3-6-12-14(13)18-25-17-12/h1-7,19H,8-9H2. The summed E-state index contributed by atoms with van der Waals surface area (Å²) >= 11 is 0.988. The van der Waals surface area contributed by atoms with Crippen LogP contribution in [-0.4, -0.2) is 46.2 Å². The summed E-state index contributed by atoms with van der Waals surface area (Å²) in [7, 11) is -3.78. The molecule has 1 aliphatic heterocycles. The van der Waals surface area contributed by atoms with E-state index in [1.807, 2.05) is 0 Å². The molecule has 0 unspecified atom stereocenters. The van der Waals surface area contributed by atoms with Crippen molar-refractivity contribution in [2.45, 2.75) is 0 Å². The number of sulfonamides is 1. The smallest absolute Gasteiger partial charge is 0.261 e. The zero-order chi connectivity index (χ0) is 18.3. The second-order valence-corrected chi connectivity index (χ2v) is 8.04. The normalized spacial score (nSPS) is 14.1. The molecule has 10 heteroatoms. The Labute approximate surface area is 152 Å². The first-order chi connectivity index (χ1) is 12.5. The summed E-state index contributed by atoms with van der Waals surface area (Å²) in [6, 6.07) is 11.4. The van der Waals surface area contributed by atoms with Gasteiger partial charge < -0.3 is 0 Å². The lowest BCUT2D eigenvalue weighted by Gasteiger charge is -2.14. The third kappa shape index (κ3) is 2.82. The van der Waals surface area contributed by atoms with Crippen LogP contribution < -0.4 is 4.72 Å². The second kappa shape index (κ2) is 6.15. The van der Waals surface area contributed by atoms with E-state index in [9.17, 15) is 18.0 Å². The van der Waals surface area contributed by atoms with Gasteiger partial charge in [-0.25, -0.2) is 8.42 Å². The molecule has 8 nitrogen and oxygen atoms in total. The molecule has 3 aromatic rings. The fourth-order valence-electron chi connectivity index (χ4n) is 2.76. The van der Waals surface area contributed by atoms with Gasteiger partial charge >= 0.3 is 0 Å².